The van der Waals surface area contributed by atoms with Crippen LogP contribution in [-0.2, 0) is 4.79 Å². The van der Waals surface area contributed by atoms with Gasteiger partial charge in [-0.25, -0.2) is 19.4 Å². The fraction of sp³-hybridized carbons (Fsp3) is 0.174. The summed E-state index contributed by atoms with van der Waals surface area (Å²) in [4.78, 5) is 30.6. The molecule has 1 atom stereocenters. The molecule has 1 unspecified atom stereocenters. The molecular weight excluding hydrogens is 413 g/mol. The smallest absolute Gasteiger partial charge is 0.235 e. The Morgan fingerprint density at radius 3 is 2.35 bits per heavy atom. The highest BCUT2D eigenvalue weighted by molar-refractivity contribution is 7.99. The third-order valence-electron chi connectivity index (χ3n) is 4.70. The summed E-state index contributed by atoms with van der Waals surface area (Å²) >= 11 is 1.24. The van der Waals surface area contributed by atoms with Crippen LogP contribution < -0.4 is 5.32 Å². The van der Waals surface area contributed by atoms with Crippen LogP contribution in [0, 0.1) is 5.82 Å². The molecule has 4 rings (SSSR count). The molecule has 156 valence electrons. The van der Waals surface area contributed by atoms with Crippen molar-refractivity contribution in [3.8, 4) is 0 Å². The number of halogens is 1. The number of amidine groups is 1. The van der Waals surface area contributed by atoms with E-state index in [1.165, 1.54) is 23.9 Å². The van der Waals surface area contributed by atoms with Gasteiger partial charge in [-0.15, -0.1) is 0 Å². The summed E-state index contributed by atoms with van der Waals surface area (Å²) in [5.41, 5.74) is 3.07. The fourth-order valence-corrected chi connectivity index (χ4v) is 3.89. The molecule has 2 heterocycles. The van der Waals surface area contributed by atoms with Gasteiger partial charge in [0.2, 0.25) is 5.91 Å². The first-order chi connectivity index (χ1) is 15.1. The normalized spacial score (nSPS) is 15.4. The monoisotopic (exact) mass is 433 g/mol. The maximum absolute atomic E-state index is 13.6. The van der Waals surface area contributed by atoms with E-state index >= 15 is 0 Å². The van der Waals surface area contributed by atoms with Crippen molar-refractivity contribution in [1.29, 1.82) is 0 Å². The SMILES string of the molecule is CCC1=Nc2ccccc2N=C(NC(=O)CSc2ncccn2)C1c1ccc(F)cc1. The van der Waals surface area contributed by atoms with Crippen LogP contribution in [0.3, 0.4) is 0 Å². The average molecular weight is 434 g/mol. The van der Waals surface area contributed by atoms with E-state index in [1.54, 1.807) is 30.6 Å². The molecule has 0 fully saturated rings. The number of para-hydroxylation sites is 2. The molecule has 6 nitrogen and oxygen atoms in total. The number of amides is 1. The Labute approximate surface area is 183 Å². The van der Waals surface area contributed by atoms with Gasteiger partial charge in [0, 0.05) is 18.1 Å². The number of aromatic nitrogens is 2. The van der Waals surface area contributed by atoms with E-state index in [0.717, 1.165) is 17.0 Å². The molecule has 1 aliphatic heterocycles. The van der Waals surface area contributed by atoms with Crippen molar-refractivity contribution in [3.63, 3.8) is 0 Å². The predicted octanol–water partition coefficient (Wildman–Crippen LogP) is 4.83. The standard InChI is InChI=1S/C23H20FN5OS/c1-2-17-21(15-8-10-16(24)11-9-15)22(28-19-7-4-3-6-18(19)27-17)29-20(30)14-31-23-25-12-5-13-26-23/h3-13,21H,2,14H2,1H3,(H,28,29,30). The van der Waals surface area contributed by atoms with Gasteiger partial charge < -0.3 is 5.32 Å². The van der Waals surface area contributed by atoms with Gasteiger partial charge in [0.05, 0.1) is 23.0 Å². The minimum absolute atomic E-state index is 0.138. The number of hydrogen-bond donors (Lipinski definition) is 1. The van der Waals surface area contributed by atoms with Gasteiger partial charge in [-0.05, 0) is 42.3 Å². The van der Waals surface area contributed by atoms with Crippen molar-refractivity contribution < 1.29 is 9.18 Å². The maximum Gasteiger partial charge on any atom is 0.235 e. The first kappa shape index (κ1) is 20.9. The van der Waals surface area contributed by atoms with Gasteiger partial charge in [-0.3, -0.25) is 9.79 Å². The van der Waals surface area contributed by atoms with Gasteiger partial charge >= 0.3 is 0 Å². The van der Waals surface area contributed by atoms with E-state index in [0.29, 0.717) is 23.1 Å². The summed E-state index contributed by atoms with van der Waals surface area (Å²) in [5, 5.41) is 3.48. The highest BCUT2D eigenvalue weighted by Crippen LogP contribution is 2.35. The van der Waals surface area contributed by atoms with Crippen molar-refractivity contribution in [2.24, 2.45) is 9.98 Å². The van der Waals surface area contributed by atoms with Crippen LogP contribution >= 0.6 is 11.8 Å². The van der Waals surface area contributed by atoms with Gasteiger partial charge in [0.15, 0.2) is 5.16 Å². The zero-order valence-electron chi connectivity index (χ0n) is 16.8. The third kappa shape index (κ3) is 5.03. The lowest BCUT2D eigenvalue weighted by Gasteiger charge is -2.20. The molecule has 31 heavy (non-hydrogen) atoms. The minimum Gasteiger partial charge on any atom is -0.313 e. The fourth-order valence-electron chi connectivity index (χ4n) is 3.28. The van der Waals surface area contributed by atoms with Crippen LogP contribution in [0.4, 0.5) is 15.8 Å². The molecule has 3 aromatic rings. The van der Waals surface area contributed by atoms with Crippen LogP contribution in [-0.4, -0.2) is 33.2 Å². The molecule has 0 bridgehead atoms. The highest BCUT2D eigenvalue weighted by atomic mass is 32.2. The Morgan fingerprint density at radius 1 is 1.00 bits per heavy atom. The summed E-state index contributed by atoms with van der Waals surface area (Å²) in [6, 6.07) is 15.5. The summed E-state index contributed by atoms with van der Waals surface area (Å²) < 4.78 is 13.6. The maximum atomic E-state index is 13.6. The van der Waals surface area contributed by atoms with Crippen LogP contribution in [0.15, 0.2) is 82.1 Å². The Morgan fingerprint density at radius 2 is 1.68 bits per heavy atom. The summed E-state index contributed by atoms with van der Waals surface area (Å²) in [6.45, 7) is 2.01. The quantitative estimate of drug-likeness (QED) is 0.461. The molecule has 0 saturated heterocycles. The lowest BCUT2D eigenvalue weighted by molar-refractivity contribution is -0.117. The highest BCUT2D eigenvalue weighted by Gasteiger charge is 2.28. The second-order valence-corrected chi connectivity index (χ2v) is 7.74. The summed E-state index contributed by atoms with van der Waals surface area (Å²) in [7, 11) is 0. The largest absolute Gasteiger partial charge is 0.313 e. The average Bonchev–Trinajstić information content (AvgIpc) is 2.95. The topological polar surface area (TPSA) is 79.6 Å². The van der Waals surface area contributed by atoms with Gasteiger partial charge in [0.25, 0.3) is 0 Å². The van der Waals surface area contributed by atoms with Crippen LogP contribution in [0.1, 0.15) is 24.8 Å². The van der Waals surface area contributed by atoms with Crippen LogP contribution in [0.5, 0.6) is 0 Å². The number of nitrogens with one attached hydrogen (secondary N) is 1. The number of thioether (sulfide) groups is 1. The van der Waals surface area contributed by atoms with E-state index in [1.807, 2.05) is 31.2 Å². The zero-order valence-corrected chi connectivity index (χ0v) is 17.6. The van der Waals surface area contributed by atoms with E-state index in [4.69, 9.17) is 9.98 Å². The first-order valence-electron chi connectivity index (χ1n) is 9.84. The zero-order chi connectivity index (χ0) is 21.6. The third-order valence-corrected chi connectivity index (χ3v) is 5.58. The predicted molar refractivity (Wildman–Crippen MR) is 121 cm³/mol. The van der Waals surface area contributed by atoms with E-state index in [9.17, 15) is 9.18 Å². The molecule has 1 aromatic heterocycles. The second-order valence-electron chi connectivity index (χ2n) is 6.80. The number of fused-ring (bicyclic) bond motifs is 1. The number of carbonyl (C=O) groups is 1. The number of rotatable bonds is 5. The summed E-state index contributed by atoms with van der Waals surface area (Å²) in [5.74, 6) is -0.327. The lowest BCUT2D eigenvalue weighted by atomic mass is 9.91. The van der Waals surface area contributed by atoms with E-state index in [-0.39, 0.29) is 23.4 Å². The Kier molecular flexibility index (Phi) is 6.47. The molecule has 0 aliphatic carbocycles. The minimum atomic E-state index is -0.389. The van der Waals surface area contributed by atoms with E-state index in [2.05, 4.69) is 15.3 Å². The van der Waals surface area contributed by atoms with Crippen LogP contribution in [0.2, 0.25) is 0 Å². The Balaban J connectivity index is 1.67. The van der Waals surface area contributed by atoms with Crippen molar-refractivity contribution >= 4 is 40.6 Å². The number of aliphatic imine (C=N–C) groups is 2. The second kappa shape index (κ2) is 9.61. The number of nitrogens with zero attached hydrogens (tertiary/aromatic N) is 4. The molecule has 1 N–H and O–H groups in total. The Bertz CT molecular complexity index is 1130. The Hall–Kier alpha value is -3.39. The molecule has 1 aliphatic rings. The van der Waals surface area contributed by atoms with Gasteiger partial charge in [-0.2, -0.15) is 0 Å². The molecule has 2 aromatic carbocycles. The molecule has 1 amide bonds. The summed E-state index contributed by atoms with van der Waals surface area (Å²) in [6.07, 6.45) is 3.92. The number of benzene rings is 2. The van der Waals surface area contributed by atoms with Crippen molar-refractivity contribution in [3.05, 3.63) is 78.4 Å². The van der Waals surface area contributed by atoms with Crippen molar-refractivity contribution in [2.75, 3.05) is 5.75 Å². The molecule has 8 heteroatoms. The molecular formula is C23H20FN5OS. The van der Waals surface area contributed by atoms with Crippen LogP contribution in [0.25, 0.3) is 0 Å². The van der Waals surface area contributed by atoms with Gasteiger partial charge in [0.1, 0.15) is 11.7 Å². The molecule has 0 radical (unpaired) electrons. The molecule has 0 spiro atoms. The molecule has 0 saturated carbocycles. The first-order valence-corrected chi connectivity index (χ1v) is 10.8. The lowest BCUT2D eigenvalue weighted by Crippen LogP contribution is -2.38. The van der Waals surface area contributed by atoms with E-state index < -0.39 is 0 Å². The number of hydrogen-bond acceptors (Lipinski definition) is 6. The number of carbonyl (C=O) groups excluding carboxylic acids is 1. The van der Waals surface area contributed by atoms with Crippen molar-refractivity contribution in [1.82, 2.24) is 15.3 Å². The van der Waals surface area contributed by atoms with Gasteiger partial charge in [-0.1, -0.05) is 43.0 Å². The van der Waals surface area contributed by atoms with Crippen molar-refractivity contribution in [2.45, 2.75) is 24.4 Å².